The molecule has 160 valence electrons. The van der Waals surface area contributed by atoms with Crippen molar-refractivity contribution in [3.8, 4) is 0 Å². The molecule has 0 spiro atoms. The van der Waals surface area contributed by atoms with Gasteiger partial charge in [-0.05, 0) is 49.7 Å². The van der Waals surface area contributed by atoms with E-state index in [0.29, 0.717) is 26.2 Å². The monoisotopic (exact) mass is 435 g/mol. The molecule has 0 aromatic heterocycles. The number of carbonyl (C=O) groups is 2. The second-order valence-electron chi connectivity index (χ2n) is 7.41. The van der Waals surface area contributed by atoms with Crippen LogP contribution in [0, 0.1) is 11.6 Å². The first-order valence-electron chi connectivity index (χ1n) is 9.80. The zero-order valence-electron chi connectivity index (χ0n) is 16.9. The van der Waals surface area contributed by atoms with Crippen molar-refractivity contribution in [2.45, 2.75) is 25.9 Å². The molecule has 30 heavy (non-hydrogen) atoms. The Morgan fingerprint density at radius 3 is 2.17 bits per heavy atom. The van der Waals surface area contributed by atoms with Crippen molar-refractivity contribution in [1.82, 2.24) is 15.1 Å². The Labute approximate surface area is 179 Å². The molecular weight excluding hydrogens is 412 g/mol. The van der Waals surface area contributed by atoms with Crippen molar-refractivity contribution in [3.63, 3.8) is 0 Å². The molecule has 2 aromatic carbocycles. The van der Waals surface area contributed by atoms with Gasteiger partial charge in [0, 0.05) is 26.2 Å². The minimum absolute atomic E-state index is 0.0879. The maximum absolute atomic E-state index is 13.2. The number of hydrogen-bond donors (Lipinski definition) is 1. The summed E-state index contributed by atoms with van der Waals surface area (Å²) in [5.74, 6) is -1.19. The molecule has 2 unspecified atom stereocenters. The fourth-order valence-corrected chi connectivity index (χ4v) is 3.73. The summed E-state index contributed by atoms with van der Waals surface area (Å²) in [6.07, 6.45) is 0. The van der Waals surface area contributed by atoms with Crippen LogP contribution in [0.1, 0.15) is 35.8 Å². The van der Waals surface area contributed by atoms with Crippen LogP contribution in [0.15, 0.2) is 42.5 Å². The molecule has 1 fully saturated rings. The van der Waals surface area contributed by atoms with E-state index in [1.54, 1.807) is 17.0 Å². The van der Waals surface area contributed by atoms with Gasteiger partial charge in [-0.2, -0.15) is 0 Å². The van der Waals surface area contributed by atoms with E-state index in [1.165, 1.54) is 24.3 Å². The van der Waals surface area contributed by atoms with Gasteiger partial charge in [-0.25, -0.2) is 8.78 Å². The van der Waals surface area contributed by atoms with Crippen LogP contribution in [0.3, 0.4) is 0 Å². The van der Waals surface area contributed by atoms with E-state index >= 15 is 0 Å². The summed E-state index contributed by atoms with van der Waals surface area (Å²) in [4.78, 5) is 29.0. The standard InChI is InChI=1S/C22H24ClF2N3O2/c1-14(16-3-5-17(24)6-4-16)26-21(29)15(2)27-9-11-28(12-10-27)22(30)19-8-7-18(25)13-20(19)23/h3-8,13-15H,9-12H2,1-2H3,(H,26,29). The molecule has 1 saturated heterocycles. The van der Waals surface area contributed by atoms with Gasteiger partial charge in [0.1, 0.15) is 11.6 Å². The van der Waals surface area contributed by atoms with Gasteiger partial charge in [-0.3, -0.25) is 14.5 Å². The third-order valence-corrected chi connectivity index (χ3v) is 5.73. The second-order valence-corrected chi connectivity index (χ2v) is 7.82. The Kier molecular flexibility index (Phi) is 7.05. The molecule has 0 bridgehead atoms. The molecule has 1 aliphatic rings. The lowest BCUT2D eigenvalue weighted by atomic mass is 10.1. The fourth-order valence-electron chi connectivity index (χ4n) is 3.48. The topological polar surface area (TPSA) is 52.7 Å². The van der Waals surface area contributed by atoms with E-state index < -0.39 is 5.82 Å². The van der Waals surface area contributed by atoms with E-state index in [4.69, 9.17) is 11.6 Å². The van der Waals surface area contributed by atoms with Crippen LogP contribution >= 0.6 is 11.6 Å². The molecule has 2 amide bonds. The number of piperazine rings is 1. The third-order valence-electron chi connectivity index (χ3n) is 5.42. The van der Waals surface area contributed by atoms with Crippen LogP contribution in [0.4, 0.5) is 8.78 Å². The average molecular weight is 436 g/mol. The van der Waals surface area contributed by atoms with Crippen molar-refractivity contribution in [3.05, 3.63) is 70.2 Å². The first-order chi connectivity index (χ1) is 14.3. The summed E-state index contributed by atoms with van der Waals surface area (Å²) < 4.78 is 26.3. The Balaban J connectivity index is 1.54. The zero-order chi connectivity index (χ0) is 21.8. The third kappa shape index (κ3) is 5.15. The number of nitrogens with one attached hydrogen (secondary N) is 1. The van der Waals surface area contributed by atoms with Crippen LogP contribution in [0.2, 0.25) is 5.02 Å². The normalized spacial score (nSPS) is 16.8. The van der Waals surface area contributed by atoms with Gasteiger partial charge in [0.15, 0.2) is 0 Å². The minimum Gasteiger partial charge on any atom is -0.348 e. The Hall–Kier alpha value is -2.51. The molecule has 1 N–H and O–H groups in total. The van der Waals surface area contributed by atoms with Crippen molar-refractivity contribution >= 4 is 23.4 Å². The SMILES string of the molecule is CC(NC(=O)C(C)N1CCN(C(=O)c2ccc(F)cc2Cl)CC1)c1ccc(F)cc1. The number of nitrogens with zero attached hydrogens (tertiary/aromatic N) is 2. The largest absolute Gasteiger partial charge is 0.348 e. The lowest BCUT2D eigenvalue weighted by molar-refractivity contribution is -0.127. The minimum atomic E-state index is -0.490. The maximum Gasteiger partial charge on any atom is 0.255 e. The molecule has 8 heteroatoms. The highest BCUT2D eigenvalue weighted by molar-refractivity contribution is 6.33. The van der Waals surface area contributed by atoms with Crippen LogP contribution in [0.25, 0.3) is 0 Å². The molecule has 2 aromatic rings. The van der Waals surface area contributed by atoms with Crippen molar-refractivity contribution < 1.29 is 18.4 Å². The average Bonchev–Trinajstić information content (AvgIpc) is 2.73. The molecule has 0 aliphatic carbocycles. The first kappa shape index (κ1) is 22.2. The highest BCUT2D eigenvalue weighted by atomic mass is 35.5. The highest BCUT2D eigenvalue weighted by Gasteiger charge is 2.29. The quantitative estimate of drug-likeness (QED) is 0.780. The zero-order valence-corrected chi connectivity index (χ0v) is 17.6. The number of carbonyl (C=O) groups excluding carboxylic acids is 2. The lowest BCUT2D eigenvalue weighted by Crippen LogP contribution is -2.55. The molecule has 0 saturated carbocycles. The molecule has 3 rings (SSSR count). The van der Waals surface area contributed by atoms with Crippen LogP contribution in [-0.4, -0.2) is 53.8 Å². The van der Waals surface area contributed by atoms with Crippen LogP contribution < -0.4 is 5.32 Å². The molecule has 1 heterocycles. The van der Waals surface area contributed by atoms with Crippen molar-refractivity contribution in [1.29, 1.82) is 0 Å². The van der Waals surface area contributed by atoms with E-state index in [1.807, 2.05) is 18.7 Å². The predicted octanol–water partition coefficient (Wildman–Crippen LogP) is 3.64. The van der Waals surface area contributed by atoms with Gasteiger partial charge in [0.05, 0.1) is 22.7 Å². The summed E-state index contributed by atoms with van der Waals surface area (Å²) in [5, 5.41) is 3.04. The van der Waals surface area contributed by atoms with E-state index in [9.17, 15) is 18.4 Å². The van der Waals surface area contributed by atoms with E-state index in [2.05, 4.69) is 5.32 Å². The Bertz CT molecular complexity index is 915. The molecule has 0 radical (unpaired) electrons. The highest BCUT2D eigenvalue weighted by Crippen LogP contribution is 2.20. The molecule has 1 aliphatic heterocycles. The number of halogens is 3. The van der Waals surface area contributed by atoms with Gasteiger partial charge in [0.25, 0.3) is 5.91 Å². The summed E-state index contributed by atoms with van der Waals surface area (Å²) in [6, 6.07) is 9.13. The van der Waals surface area contributed by atoms with Gasteiger partial charge >= 0.3 is 0 Å². The van der Waals surface area contributed by atoms with Gasteiger partial charge in [-0.1, -0.05) is 23.7 Å². The van der Waals surface area contributed by atoms with Gasteiger partial charge in [0.2, 0.25) is 5.91 Å². The van der Waals surface area contributed by atoms with Crippen LogP contribution in [0.5, 0.6) is 0 Å². The number of rotatable bonds is 5. The first-order valence-corrected chi connectivity index (χ1v) is 10.2. The number of benzene rings is 2. The molecule has 2 atom stereocenters. The Morgan fingerprint density at radius 1 is 0.967 bits per heavy atom. The predicted molar refractivity (Wildman–Crippen MR) is 111 cm³/mol. The van der Waals surface area contributed by atoms with Gasteiger partial charge in [-0.15, -0.1) is 0 Å². The van der Waals surface area contributed by atoms with E-state index in [-0.39, 0.29) is 40.3 Å². The summed E-state index contributed by atoms with van der Waals surface area (Å²) in [6.45, 7) is 5.62. The van der Waals surface area contributed by atoms with E-state index in [0.717, 1.165) is 11.6 Å². The fraction of sp³-hybridized carbons (Fsp3) is 0.364. The number of hydrogen-bond acceptors (Lipinski definition) is 3. The lowest BCUT2D eigenvalue weighted by Gasteiger charge is -2.37. The summed E-state index contributed by atoms with van der Waals surface area (Å²) >= 11 is 6.00. The Morgan fingerprint density at radius 2 is 1.57 bits per heavy atom. The summed E-state index contributed by atoms with van der Waals surface area (Å²) in [7, 11) is 0. The maximum atomic E-state index is 13.2. The van der Waals surface area contributed by atoms with Crippen molar-refractivity contribution in [2.75, 3.05) is 26.2 Å². The summed E-state index contributed by atoms with van der Waals surface area (Å²) in [5.41, 5.74) is 1.09. The molecule has 5 nitrogen and oxygen atoms in total. The molecular formula is C22H24ClF2N3O2. The van der Waals surface area contributed by atoms with Crippen molar-refractivity contribution in [2.24, 2.45) is 0 Å². The number of amides is 2. The van der Waals surface area contributed by atoms with Crippen LogP contribution in [-0.2, 0) is 4.79 Å². The smallest absolute Gasteiger partial charge is 0.255 e. The van der Waals surface area contributed by atoms with Gasteiger partial charge < -0.3 is 10.2 Å². The second kappa shape index (κ2) is 9.53.